The Bertz CT molecular complexity index is 623. The normalized spacial score (nSPS) is 33.7. The molecule has 25 heavy (non-hydrogen) atoms. The van der Waals surface area contributed by atoms with Crippen LogP contribution < -0.4 is 10.6 Å². The first-order chi connectivity index (χ1) is 12.0. The molecule has 1 aromatic rings. The molecule has 0 saturated heterocycles. The predicted octanol–water partition coefficient (Wildman–Crippen LogP) is 2.42. The first-order valence-electron chi connectivity index (χ1n) is 9.53. The zero-order valence-corrected chi connectivity index (χ0v) is 14.8. The van der Waals surface area contributed by atoms with E-state index in [1.165, 1.54) is 38.5 Å². The summed E-state index contributed by atoms with van der Waals surface area (Å²) in [4.78, 5) is 28.6. The van der Waals surface area contributed by atoms with Crippen LogP contribution in [0.5, 0.6) is 0 Å². The minimum Gasteiger partial charge on any atom is -0.345 e. The molecule has 1 aromatic heterocycles. The number of rotatable bonds is 4. The van der Waals surface area contributed by atoms with E-state index in [1.807, 2.05) is 18.2 Å². The van der Waals surface area contributed by atoms with Gasteiger partial charge in [0.05, 0.1) is 12.2 Å². The maximum atomic E-state index is 12.3. The van der Waals surface area contributed by atoms with Crippen LogP contribution in [0.15, 0.2) is 24.4 Å². The standard InChI is InChI=1S/C20H27N3O2/c1-13(20-9-14-6-15(10-20)8-16(7-14)11-20)23-19(25)18(24)22-12-17-4-2-3-5-21-17/h2-5,13-16H,6-12H2,1H3,(H,22,24)(H,23,25). The summed E-state index contributed by atoms with van der Waals surface area (Å²) in [6.07, 6.45) is 9.47. The lowest BCUT2D eigenvalue weighted by atomic mass is 9.48. The molecule has 4 fully saturated rings. The Kier molecular flexibility index (Phi) is 4.26. The third-order valence-electron chi connectivity index (χ3n) is 6.71. The van der Waals surface area contributed by atoms with Gasteiger partial charge in [-0.2, -0.15) is 0 Å². The predicted molar refractivity (Wildman–Crippen MR) is 94.3 cm³/mol. The van der Waals surface area contributed by atoms with Crippen molar-refractivity contribution in [1.82, 2.24) is 15.6 Å². The van der Waals surface area contributed by atoms with E-state index in [-0.39, 0.29) is 18.0 Å². The van der Waals surface area contributed by atoms with Crippen LogP contribution in [0.2, 0.25) is 0 Å². The number of carbonyl (C=O) groups excluding carboxylic acids is 2. The maximum Gasteiger partial charge on any atom is 0.309 e. The van der Waals surface area contributed by atoms with Crippen LogP contribution in [-0.4, -0.2) is 22.8 Å². The molecule has 5 nitrogen and oxygen atoms in total. The molecule has 0 spiro atoms. The van der Waals surface area contributed by atoms with Crippen molar-refractivity contribution in [2.75, 3.05) is 0 Å². The van der Waals surface area contributed by atoms with Gasteiger partial charge in [-0.25, -0.2) is 0 Å². The second-order valence-corrected chi connectivity index (χ2v) is 8.48. The summed E-state index contributed by atoms with van der Waals surface area (Å²) in [6.45, 7) is 2.37. The molecule has 4 saturated carbocycles. The molecule has 1 atom stereocenters. The van der Waals surface area contributed by atoms with Crippen LogP contribution >= 0.6 is 0 Å². The Balaban J connectivity index is 1.33. The fourth-order valence-corrected chi connectivity index (χ4v) is 5.88. The number of aromatic nitrogens is 1. The van der Waals surface area contributed by atoms with E-state index >= 15 is 0 Å². The van der Waals surface area contributed by atoms with E-state index < -0.39 is 11.8 Å². The highest BCUT2D eigenvalue weighted by Gasteiger charge is 2.53. The minimum absolute atomic E-state index is 0.0639. The molecule has 5 heteroatoms. The highest BCUT2D eigenvalue weighted by atomic mass is 16.2. The van der Waals surface area contributed by atoms with Gasteiger partial charge in [-0.1, -0.05) is 6.07 Å². The first-order valence-corrected chi connectivity index (χ1v) is 9.53. The van der Waals surface area contributed by atoms with Crippen LogP contribution in [0.1, 0.15) is 51.1 Å². The van der Waals surface area contributed by atoms with E-state index in [2.05, 4.69) is 22.5 Å². The van der Waals surface area contributed by atoms with E-state index in [9.17, 15) is 9.59 Å². The van der Waals surface area contributed by atoms with Crippen molar-refractivity contribution in [3.63, 3.8) is 0 Å². The Morgan fingerprint density at radius 1 is 1.12 bits per heavy atom. The van der Waals surface area contributed by atoms with Crippen LogP contribution in [0.4, 0.5) is 0 Å². The summed E-state index contributed by atoms with van der Waals surface area (Å²) in [5.41, 5.74) is 0.962. The zero-order valence-electron chi connectivity index (χ0n) is 14.8. The van der Waals surface area contributed by atoms with Gasteiger partial charge in [0, 0.05) is 12.2 Å². The van der Waals surface area contributed by atoms with Gasteiger partial charge < -0.3 is 10.6 Å². The summed E-state index contributed by atoms with van der Waals surface area (Å²) in [6, 6.07) is 5.58. The highest BCUT2D eigenvalue weighted by molar-refractivity contribution is 6.35. The lowest BCUT2D eigenvalue weighted by Gasteiger charge is -2.59. The Morgan fingerprint density at radius 2 is 1.76 bits per heavy atom. The molecule has 2 amide bonds. The Labute approximate surface area is 149 Å². The van der Waals surface area contributed by atoms with E-state index in [1.54, 1.807) is 6.20 Å². The lowest BCUT2D eigenvalue weighted by molar-refractivity contribution is -0.141. The third-order valence-corrected chi connectivity index (χ3v) is 6.71. The summed E-state index contributed by atoms with van der Waals surface area (Å²) in [5, 5.41) is 5.67. The first kappa shape index (κ1) is 16.6. The van der Waals surface area contributed by atoms with Crippen LogP contribution in [0.3, 0.4) is 0 Å². The average Bonchev–Trinajstić information content (AvgIpc) is 2.59. The third kappa shape index (κ3) is 3.29. The highest BCUT2D eigenvalue weighted by Crippen LogP contribution is 2.61. The van der Waals surface area contributed by atoms with Crippen LogP contribution in [0, 0.1) is 23.2 Å². The van der Waals surface area contributed by atoms with E-state index in [4.69, 9.17) is 0 Å². The summed E-state index contributed by atoms with van der Waals surface area (Å²) in [5.74, 6) is 1.43. The van der Waals surface area contributed by atoms with E-state index in [0.717, 1.165) is 23.4 Å². The van der Waals surface area contributed by atoms with Gasteiger partial charge in [0.1, 0.15) is 0 Å². The number of carbonyl (C=O) groups is 2. The lowest BCUT2D eigenvalue weighted by Crippen LogP contribution is -2.57. The van der Waals surface area contributed by atoms with Gasteiger partial charge in [-0.05, 0) is 80.8 Å². The van der Waals surface area contributed by atoms with Gasteiger partial charge in [0.15, 0.2) is 0 Å². The molecule has 1 unspecified atom stereocenters. The van der Waals surface area contributed by atoms with Gasteiger partial charge in [-0.15, -0.1) is 0 Å². The Morgan fingerprint density at radius 3 is 2.32 bits per heavy atom. The quantitative estimate of drug-likeness (QED) is 0.826. The minimum atomic E-state index is -0.567. The number of amides is 2. The maximum absolute atomic E-state index is 12.3. The van der Waals surface area contributed by atoms with Gasteiger partial charge >= 0.3 is 11.8 Å². The van der Waals surface area contributed by atoms with Crippen molar-refractivity contribution in [2.45, 2.75) is 58.0 Å². The number of nitrogens with zero attached hydrogens (tertiary/aromatic N) is 1. The molecular weight excluding hydrogens is 314 g/mol. The molecule has 2 N–H and O–H groups in total. The zero-order chi connectivity index (χ0) is 17.4. The van der Waals surface area contributed by atoms with Gasteiger partial charge in [-0.3, -0.25) is 14.6 Å². The number of pyridine rings is 1. The fraction of sp³-hybridized carbons (Fsp3) is 0.650. The molecule has 1 heterocycles. The van der Waals surface area contributed by atoms with Crippen molar-refractivity contribution in [3.8, 4) is 0 Å². The van der Waals surface area contributed by atoms with Crippen molar-refractivity contribution < 1.29 is 9.59 Å². The molecule has 5 rings (SSSR count). The molecule has 0 aliphatic heterocycles. The monoisotopic (exact) mass is 341 g/mol. The fourth-order valence-electron chi connectivity index (χ4n) is 5.88. The molecule has 4 aliphatic carbocycles. The molecular formula is C20H27N3O2. The number of hydrogen-bond acceptors (Lipinski definition) is 3. The van der Waals surface area contributed by atoms with Crippen molar-refractivity contribution in [3.05, 3.63) is 30.1 Å². The van der Waals surface area contributed by atoms with Crippen LogP contribution in [-0.2, 0) is 16.1 Å². The molecule has 0 radical (unpaired) electrons. The van der Waals surface area contributed by atoms with Crippen LogP contribution in [0.25, 0.3) is 0 Å². The largest absolute Gasteiger partial charge is 0.345 e. The Hall–Kier alpha value is -1.91. The molecule has 0 aromatic carbocycles. The topological polar surface area (TPSA) is 71.1 Å². The number of hydrogen-bond donors (Lipinski definition) is 2. The van der Waals surface area contributed by atoms with Gasteiger partial charge in [0.25, 0.3) is 0 Å². The van der Waals surface area contributed by atoms with Gasteiger partial charge in [0.2, 0.25) is 0 Å². The summed E-state index contributed by atoms with van der Waals surface area (Å²) >= 11 is 0. The van der Waals surface area contributed by atoms with E-state index in [0.29, 0.717) is 0 Å². The molecule has 4 bridgehead atoms. The van der Waals surface area contributed by atoms with Crippen molar-refractivity contribution in [2.24, 2.45) is 23.2 Å². The number of nitrogens with one attached hydrogen (secondary N) is 2. The smallest absolute Gasteiger partial charge is 0.309 e. The second-order valence-electron chi connectivity index (χ2n) is 8.48. The average molecular weight is 341 g/mol. The summed E-state index contributed by atoms with van der Waals surface area (Å²) in [7, 11) is 0. The summed E-state index contributed by atoms with van der Waals surface area (Å²) < 4.78 is 0. The molecule has 134 valence electrons. The van der Waals surface area contributed by atoms with Crippen molar-refractivity contribution in [1.29, 1.82) is 0 Å². The van der Waals surface area contributed by atoms with Crippen molar-refractivity contribution >= 4 is 11.8 Å². The second kappa shape index (κ2) is 6.43. The SMILES string of the molecule is CC(NC(=O)C(=O)NCc1ccccn1)C12CC3CC(CC(C3)C1)C2. The molecule has 4 aliphatic rings.